The van der Waals surface area contributed by atoms with Crippen molar-refractivity contribution in [3.05, 3.63) is 67.6 Å². The standard InChI is InChI=1S/C25H23BrClN3O5S/c1-4-35-19-8-5-14(10-17(19)27)21-16(11-28)24(30-23(32)22(21)25(33)34-3)36-12-20(31)29-18-7-6-15(26)9-13(18)2/h5-10,21-22H,4,12H2,1-3H3,(H,29,31)(H,30,32)/t21-,22+/m1/s1. The number of aryl methyl sites for hydroxylation is 1. The van der Waals surface area contributed by atoms with Gasteiger partial charge in [0.25, 0.3) is 0 Å². The lowest BCUT2D eigenvalue weighted by atomic mass is 9.78. The first-order chi connectivity index (χ1) is 17.2. The lowest BCUT2D eigenvalue weighted by Crippen LogP contribution is -2.44. The van der Waals surface area contributed by atoms with Crippen molar-refractivity contribution in [3.63, 3.8) is 0 Å². The van der Waals surface area contributed by atoms with Crippen LogP contribution in [0.5, 0.6) is 5.75 Å². The number of carbonyl (C=O) groups excluding carboxylic acids is 3. The van der Waals surface area contributed by atoms with Gasteiger partial charge in [-0.15, -0.1) is 0 Å². The topological polar surface area (TPSA) is 118 Å². The Morgan fingerprint density at radius 2 is 2.03 bits per heavy atom. The van der Waals surface area contributed by atoms with Gasteiger partial charge in [-0.1, -0.05) is 45.4 Å². The first kappa shape index (κ1) is 27.6. The summed E-state index contributed by atoms with van der Waals surface area (Å²) in [6, 6.07) is 12.4. The van der Waals surface area contributed by atoms with Gasteiger partial charge in [0, 0.05) is 16.1 Å². The largest absolute Gasteiger partial charge is 0.492 e. The average molecular weight is 593 g/mol. The van der Waals surface area contributed by atoms with Crippen molar-refractivity contribution < 1.29 is 23.9 Å². The number of allylic oxidation sites excluding steroid dienone is 1. The fourth-order valence-electron chi connectivity index (χ4n) is 3.75. The molecule has 2 N–H and O–H groups in total. The second-order valence-corrected chi connectivity index (χ2v) is 10.0. The predicted molar refractivity (Wildman–Crippen MR) is 142 cm³/mol. The van der Waals surface area contributed by atoms with Crippen LogP contribution >= 0.6 is 39.3 Å². The van der Waals surface area contributed by atoms with Crippen molar-refractivity contribution in [2.45, 2.75) is 19.8 Å². The number of rotatable bonds is 8. The van der Waals surface area contributed by atoms with Crippen molar-refractivity contribution in [1.82, 2.24) is 5.32 Å². The minimum Gasteiger partial charge on any atom is -0.492 e. The van der Waals surface area contributed by atoms with Crippen LogP contribution in [0.25, 0.3) is 0 Å². The Hall–Kier alpha value is -3.00. The minimum atomic E-state index is -1.30. The molecule has 2 atom stereocenters. The monoisotopic (exact) mass is 591 g/mol. The Bertz CT molecular complexity index is 1280. The maximum absolute atomic E-state index is 13.0. The Labute approximate surface area is 226 Å². The number of carbonyl (C=O) groups is 3. The van der Waals surface area contributed by atoms with E-state index >= 15 is 0 Å². The van der Waals surface area contributed by atoms with Crippen molar-refractivity contribution in [1.29, 1.82) is 5.26 Å². The second-order valence-electron chi connectivity index (χ2n) is 7.74. The first-order valence-electron chi connectivity index (χ1n) is 10.8. The SMILES string of the molecule is CCOc1ccc([C@@H]2C(C#N)=C(SCC(=O)Nc3ccc(Br)cc3C)NC(=O)[C@H]2C(=O)OC)cc1Cl. The number of thioether (sulfide) groups is 1. The molecule has 1 heterocycles. The van der Waals surface area contributed by atoms with Crippen LogP contribution < -0.4 is 15.4 Å². The number of ether oxygens (including phenoxy) is 2. The number of nitrogens with one attached hydrogen (secondary N) is 2. The molecule has 11 heteroatoms. The Morgan fingerprint density at radius 3 is 2.64 bits per heavy atom. The van der Waals surface area contributed by atoms with Crippen LogP contribution in [0.15, 0.2) is 51.5 Å². The van der Waals surface area contributed by atoms with E-state index in [0.29, 0.717) is 23.6 Å². The highest BCUT2D eigenvalue weighted by Gasteiger charge is 2.44. The quantitative estimate of drug-likeness (QED) is 0.330. The number of hydrogen-bond donors (Lipinski definition) is 2. The van der Waals surface area contributed by atoms with Gasteiger partial charge >= 0.3 is 5.97 Å². The highest BCUT2D eigenvalue weighted by atomic mass is 79.9. The van der Waals surface area contributed by atoms with Gasteiger partial charge in [-0.3, -0.25) is 14.4 Å². The summed E-state index contributed by atoms with van der Waals surface area (Å²) in [5.74, 6) is -3.64. The Kier molecular flexibility index (Phi) is 9.43. The summed E-state index contributed by atoms with van der Waals surface area (Å²) in [6.45, 7) is 4.09. The van der Waals surface area contributed by atoms with Gasteiger partial charge in [-0.25, -0.2) is 0 Å². The highest BCUT2D eigenvalue weighted by molar-refractivity contribution is 9.10. The van der Waals surface area contributed by atoms with Crippen molar-refractivity contribution in [2.24, 2.45) is 5.92 Å². The summed E-state index contributed by atoms with van der Waals surface area (Å²) >= 11 is 10.7. The van der Waals surface area contributed by atoms with Crippen molar-refractivity contribution in [3.8, 4) is 11.8 Å². The van der Waals surface area contributed by atoms with Crippen LogP contribution in [0.4, 0.5) is 5.69 Å². The molecule has 1 aliphatic heterocycles. The number of hydrogen-bond acceptors (Lipinski definition) is 7. The van der Waals surface area contributed by atoms with Gasteiger partial charge in [-0.2, -0.15) is 5.26 Å². The molecule has 0 aromatic heterocycles. The lowest BCUT2D eigenvalue weighted by molar-refractivity contribution is -0.150. The Morgan fingerprint density at radius 1 is 1.28 bits per heavy atom. The minimum absolute atomic E-state index is 0.0735. The number of benzene rings is 2. The molecule has 8 nitrogen and oxygen atoms in total. The number of amides is 2. The molecule has 0 unspecified atom stereocenters. The smallest absolute Gasteiger partial charge is 0.319 e. The van der Waals surface area contributed by atoms with Gasteiger partial charge in [0.05, 0.1) is 41.2 Å². The molecule has 2 amide bonds. The highest BCUT2D eigenvalue weighted by Crippen LogP contribution is 2.42. The summed E-state index contributed by atoms with van der Waals surface area (Å²) in [5.41, 5.74) is 2.12. The lowest BCUT2D eigenvalue weighted by Gasteiger charge is -2.31. The summed E-state index contributed by atoms with van der Waals surface area (Å²) in [5, 5.41) is 15.9. The normalized spacial score (nSPS) is 17.2. The molecule has 188 valence electrons. The molecule has 0 fully saturated rings. The number of methoxy groups -OCH3 is 1. The van der Waals surface area contributed by atoms with E-state index in [9.17, 15) is 19.6 Å². The zero-order chi connectivity index (χ0) is 26.4. The van der Waals surface area contributed by atoms with Crippen molar-refractivity contribution in [2.75, 3.05) is 24.8 Å². The van der Waals surface area contributed by atoms with E-state index in [0.717, 1.165) is 21.8 Å². The third-order valence-electron chi connectivity index (χ3n) is 5.41. The molecule has 0 bridgehead atoms. The molecule has 36 heavy (non-hydrogen) atoms. The first-order valence-corrected chi connectivity index (χ1v) is 13.0. The molecular weight excluding hydrogens is 570 g/mol. The number of nitriles is 1. The molecule has 2 aromatic carbocycles. The number of anilines is 1. The number of nitrogens with zero attached hydrogens (tertiary/aromatic N) is 1. The molecule has 2 aromatic rings. The summed E-state index contributed by atoms with van der Waals surface area (Å²) in [7, 11) is 1.17. The molecule has 0 spiro atoms. The van der Waals surface area contributed by atoms with Crippen molar-refractivity contribution >= 4 is 62.8 Å². The summed E-state index contributed by atoms with van der Waals surface area (Å²) < 4.78 is 11.2. The predicted octanol–water partition coefficient (Wildman–Crippen LogP) is 4.92. The van der Waals surface area contributed by atoms with Crippen LogP contribution in [-0.2, 0) is 19.1 Å². The van der Waals surface area contributed by atoms with Crippen LogP contribution in [-0.4, -0.2) is 37.3 Å². The van der Waals surface area contributed by atoms with Gasteiger partial charge in [0.2, 0.25) is 11.8 Å². The summed E-state index contributed by atoms with van der Waals surface area (Å²) in [6.07, 6.45) is 0. The van der Waals surface area contributed by atoms with Crippen LogP contribution in [0.2, 0.25) is 5.02 Å². The Balaban J connectivity index is 1.92. The fourth-order valence-corrected chi connectivity index (χ4v) is 5.32. The van der Waals surface area contributed by atoms with Gasteiger partial charge in [0.15, 0.2) is 0 Å². The van der Waals surface area contributed by atoms with E-state index in [2.05, 4.69) is 32.6 Å². The molecule has 3 rings (SSSR count). The van der Waals surface area contributed by atoms with Gasteiger partial charge in [0.1, 0.15) is 11.7 Å². The van der Waals surface area contributed by atoms with Crippen LogP contribution in [0.1, 0.15) is 24.0 Å². The molecule has 0 saturated carbocycles. The third kappa shape index (κ3) is 6.22. The third-order valence-corrected chi connectivity index (χ3v) is 7.21. The van der Waals surface area contributed by atoms with Gasteiger partial charge in [-0.05, 0) is 55.3 Å². The molecule has 0 aliphatic carbocycles. The van der Waals surface area contributed by atoms with Gasteiger partial charge < -0.3 is 20.1 Å². The molecular formula is C25H23BrClN3O5S. The number of halogens is 2. The van der Waals surface area contributed by atoms with E-state index in [1.807, 2.05) is 26.0 Å². The van der Waals surface area contributed by atoms with E-state index < -0.39 is 23.7 Å². The van der Waals surface area contributed by atoms with E-state index in [4.69, 9.17) is 21.1 Å². The average Bonchev–Trinajstić information content (AvgIpc) is 2.84. The van der Waals surface area contributed by atoms with E-state index in [1.165, 1.54) is 7.11 Å². The maximum atomic E-state index is 13.0. The van der Waals surface area contributed by atoms with E-state index in [-0.39, 0.29) is 27.3 Å². The van der Waals surface area contributed by atoms with E-state index in [1.54, 1.807) is 24.3 Å². The second kappa shape index (κ2) is 12.3. The zero-order valence-electron chi connectivity index (χ0n) is 19.7. The van der Waals surface area contributed by atoms with Crippen LogP contribution in [0.3, 0.4) is 0 Å². The molecule has 1 aliphatic rings. The number of esters is 1. The fraction of sp³-hybridized carbons (Fsp3) is 0.280. The maximum Gasteiger partial charge on any atom is 0.319 e. The molecule has 0 saturated heterocycles. The molecule has 0 radical (unpaired) electrons. The zero-order valence-corrected chi connectivity index (χ0v) is 22.8. The summed E-state index contributed by atoms with van der Waals surface area (Å²) in [4.78, 5) is 38.2. The van der Waals surface area contributed by atoms with Crippen LogP contribution in [0, 0.1) is 24.2 Å².